The average Bonchev–Trinajstić information content (AvgIpc) is 3.76. The molecule has 4 fully saturated rings. The number of nitrogens with zero attached hydrogens (tertiary/aromatic N) is 1. The second-order valence-corrected chi connectivity index (χ2v) is 18.4. The van der Waals surface area contributed by atoms with Gasteiger partial charge in [0.05, 0.1) is 5.69 Å². The Morgan fingerprint density at radius 2 is 1.27 bits per heavy atom. The fourth-order valence-electron chi connectivity index (χ4n) is 12.4. The number of rotatable bonds is 6. The normalized spacial score (nSPS) is 25.7. The molecular weight excluding hydrogens is 683 g/mol. The van der Waals surface area contributed by atoms with E-state index in [1.54, 1.807) is 11.1 Å². The fourth-order valence-corrected chi connectivity index (χ4v) is 13.6. The van der Waals surface area contributed by atoms with E-state index in [0.717, 1.165) is 36.6 Å². The number of hydrogen-bond acceptors (Lipinski definition) is 2. The lowest BCUT2D eigenvalue weighted by Crippen LogP contribution is -2.55. The Kier molecular flexibility index (Phi) is 7.25. The van der Waals surface area contributed by atoms with Crippen LogP contribution in [0.15, 0.2) is 158 Å². The first-order valence-electron chi connectivity index (χ1n) is 20.7. The molecule has 1 spiro atoms. The lowest BCUT2D eigenvalue weighted by atomic mass is 9.43. The molecule has 0 saturated heterocycles. The van der Waals surface area contributed by atoms with E-state index < -0.39 is 0 Å². The van der Waals surface area contributed by atoms with Crippen molar-refractivity contribution in [1.82, 2.24) is 0 Å². The van der Waals surface area contributed by atoms with Crippen molar-refractivity contribution in [2.45, 2.75) is 43.9 Å². The highest BCUT2D eigenvalue weighted by Gasteiger charge is 2.61. The molecule has 1 aromatic heterocycles. The summed E-state index contributed by atoms with van der Waals surface area (Å²) in [4.78, 5) is 2.60. The molecule has 6 aliphatic rings. The van der Waals surface area contributed by atoms with Crippen molar-refractivity contribution in [2.75, 3.05) is 11.4 Å². The third-order valence-electron chi connectivity index (χ3n) is 14.4. The van der Waals surface area contributed by atoms with Crippen LogP contribution >= 0.6 is 11.3 Å². The van der Waals surface area contributed by atoms with Crippen LogP contribution in [0, 0.1) is 29.6 Å². The molecule has 1 nitrogen and oxygen atoms in total. The van der Waals surface area contributed by atoms with E-state index in [2.05, 4.69) is 163 Å². The molecule has 6 aliphatic carbocycles. The van der Waals surface area contributed by atoms with E-state index in [0.29, 0.717) is 5.92 Å². The predicted octanol–water partition coefficient (Wildman–Crippen LogP) is 14.2. The zero-order valence-corrected chi connectivity index (χ0v) is 32.0. The van der Waals surface area contributed by atoms with E-state index in [9.17, 15) is 0 Å². The topological polar surface area (TPSA) is 3.24 Å². The minimum absolute atomic E-state index is 0.223. The van der Waals surface area contributed by atoms with Crippen LogP contribution in [-0.4, -0.2) is 6.54 Å². The van der Waals surface area contributed by atoms with Crippen molar-refractivity contribution >= 4 is 48.5 Å². The van der Waals surface area contributed by atoms with Crippen LogP contribution in [0.5, 0.6) is 0 Å². The average molecular weight is 728 g/mol. The minimum Gasteiger partial charge on any atom is -0.340 e. The van der Waals surface area contributed by atoms with Gasteiger partial charge in [0.1, 0.15) is 0 Å². The Labute approximate surface area is 328 Å². The molecule has 1 atom stereocenters. The van der Waals surface area contributed by atoms with Crippen LogP contribution in [0.25, 0.3) is 48.0 Å². The summed E-state index contributed by atoms with van der Waals surface area (Å²) in [5.74, 6) is 3.89. The summed E-state index contributed by atoms with van der Waals surface area (Å²) >= 11 is 1.90. The molecule has 1 unspecified atom stereocenters. The van der Waals surface area contributed by atoms with Crippen LogP contribution < -0.4 is 4.90 Å². The summed E-state index contributed by atoms with van der Waals surface area (Å²) in [6.45, 7) is 0.907. The van der Waals surface area contributed by atoms with Gasteiger partial charge in [-0.15, -0.1) is 11.3 Å². The van der Waals surface area contributed by atoms with Crippen LogP contribution in [0.4, 0.5) is 11.4 Å². The van der Waals surface area contributed by atoms with Gasteiger partial charge in [-0.2, -0.15) is 0 Å². The lowest BCUT2D eigenvalue weighted by Gasteiger charge is -2.61. The van der Waals surface area contributed by atoms with E-state index in [1.807, 2.05) is 11.3 Å². The first-order chi connectivity index (χ1) is 27.2. The van der Waals surface area contributed by atoms with E-state index in [-0.39, 0.29) is 5.41 Å². The van der Waals surface area contributed by atoms with Crippen molar-refractivity contribution in [3.05, 3.63) is 174 Å². The molecule has 4 saturated carbocycles. The van der Waals surface area contributed by atoms with Crippen molar-refractivity contribution in [1.29, 1.82) is 0 Å². The van der Waals surface area contributed by atoms with E-state index in [1.165, 1.54) is 97.0 Å². The summed E-state index contributed by atoms with van der Waals surface area (Å²) in [5, 5.41) is 2.71. The Bertz CT molecular complexity index is 2650. The second kappa shape index (κ2) is 12.4. The smallest absolute Gasteiger partial charge is 0.0505 e. The fraction of sp³-hybridized carbons (Fsp3) is 0.245. The Morgan fingerprint density at radius 3 is 2.11 bits per heavy atom. The van der Waals surface area contributed by atoms with Crippen LogP contribution in [0.1, 0.15) is 55.2 Å². The zero-order valence-electron chi connectivity index (χ0n) is 31.2. The predicted molar refractivity (Wildman–Crippen MR) is 233 cm³/mol. The molecule has 13 rings (SSSR count). The molecule has 1 heterocycles. The van der Waals surface area contributed by atoms with Gasteiger partial charge in [-0.25, -0.2) is 0 Å². The highest BCUT2D eigenvalue weighted by atomic mass is 32.1. The number of anilines is 2. The molecule has 0 aliphatic heterocycles. The molecule has 6 aromatic carbocycles. The Hall–Kier alpha value is -5.18. The second-order valence-electron chi connectivity index (χ2n) is 17.3. The van der Waals surface area contributed by atoms with E-state index in [4.69, 9.17) is 0 Å². The van der Waals surface area contributed by atoms with Gasteiger partial charge in [0.2, 0.25) is 0 Å². The van der Waals surface area contributed by atoms with Gasteiger partial charge >= 0.3 is 0 Å². The number of benzene rings is 6. The summed E-state index contributed by atoms with van der Waals surface area (Å²) in [6, 6.07) is 53.0. The van der Waals surface area contributed by atoms with Crippen LogP contribution in [0.2, 0.25) is 0 Å². The quantitative estimate of drug-likeness (QED) is 0.165. The first kappa shape index (κ1) is 32.1. The third-order valence-corrected chi connectivity index (χ3v) is 15.5. The van der Waals surface area contributed by atoms with Crippen molar-refractivity contribution in [2.24, 2.45) is 29.6 Å². The Balaban J connectivity index is 0.932. The van der Waals surface area contributed by atoms with Crippen LogP contribution in [-0.2, 0) is 5.41 Å². The lowest BCUT2D eigenvalue weighted by molar-refractivity contribution is -0.0399. The number of fused-ring (bicyclic) bond motifs is 6. The summed E-state index contributed by atoms with van der Waals surface area (Å²) < 4.78 is 2.69. The highest BCUT2D eigenvalue weighted by Crippen LogP contribution is 2.69. The zero-order chi connectivity index (χ0) is 36.1. The van der Waals surface area contributed by atoms with Gasteiger partial charge in [0.25, 0.3) is 0 Å². The van der Waals surface area contributed by atoms with E-state index >= 15 is 0 Å². The standard InChI is InChI=1S/C53H45NS/c1-2-11-37(12-3-1)38-20-23-43(24-21-38)54(49-17-9-19-51-52(49)45-15-5-7-18-50(45)55-51)33-34-10-8-13-39(27-34)40-22-25-48-46(32-40)44-14-4-6-16-47(44)53(48)41-28-35-26-36(30-41)31-42(53)29-35/h1-9,11-25,27,32,34-36,41-42H,10,26,28-31,33H2. The van der Waals surface area contributed by atoms with Crippen LogP contribution in [0.3, 0.4) is 0 Å². The molecule has 268 valence electrons. The van der Waals surface area contributed by atoms with Crippen molar-refractivity contribution in [3.8, 4) is 22.3 Å². The number of hydrogen-bond donors (Lipinski definition) is 0. The highest BCUT2D eigenvalue weighted by molar-refractivity contribution is 7.26. The van der Waals surface area contributed by atoms with Gasteiger partial charge in [-0.3, -0.25) is 0 Å². The summed E-state index contributed by atoms with van der Waals surface area (Å²) in [7, 11) is 0. The maximum Gasteiger partial charge on any atom is 0.0505 e. The maximum absolute atomic E-state index is 2.60. The maximum atomic E-state index is 2.60. The molecule has 0 amide bonds. The minimum atomic E-state index is 0.223. The monoisotopic (exact) mass is 727 g/mol. The molecule has 0 radical (unpaired) electrons. The number of allylic oxidation sites excluding steroid dienone is 3. The molecule has 2 heteroatoms. The largest absolute Gasteiger partial charge is 0.340 e. The number of thiophene rings is 1. The first-order valence-corrected chi connectivity index (χ1v) is 21.5. The third kappa shape index (κ3) is 4.90. The summed E-state index contributed by atoms with van der Waals surface area (Å²) in [5.41, 5.74) is 14.3. The van der Waals surface area contributed by atoms with Gasteiger partial charge < -0.3 is 4.90 Å². The van der Waals surface area contributed by atoms with Gasteiger partial charge in [0, 0.05) is 37.8 Å². The van der Waals surface area contributed by atoms with Crippen molar-refractivity contribution in [3.63, 3.8) is 0 Å². The molecule has 7 aromatic rings. The molecule has 0 N–H and O–H groups in total. The Morgan fingerprint density at radius 1 is 0.582 bits per heavy atom. The van der Waals surface area contributed by atoms with Crippen molar-refractivity contribution < 1.29 is 0 Å². The van der Waals surface area contributed by atoms with Gasteiger partial charge in [-0.05, 0) is 149 Å². The van der Waals surface area contributed by atoms with Gasteiger partial charge in [0.15, 0.2) is 0 Å². The SMILES string of the molecule is C1=CC(c2ccc3c(c2)-c2ccccc2C32C3CC4CC(C3)CC2C4)=CC(CN(c2ccc(-c3ccccc3)cc2)c2cccc3sc4ccccc4c23)C1. The summed E-state index contributed by atoms with van der Waals surface area (Å²) in [6.07, 6.45) is 15.6. The molecular formula is C53H45NS. The van der Waals surface area contributed by atoms with Gasteiger partial charge in [-0.1, -0.05) is 121 Å². The molecule has 4 bridgehead atoms. The molecule has 55 heavy (non-hydrogen) atoms.